The van der Waals surface area contributed by atoms with Crippen LogP contribution in [-0.2, 0) is 6.42 Å². The summed E-state index contributed by atoms with van der Waals surface area (Å²) in [6, 6.07) is 10.6. The molecule has 0 radical (unpaired) electrons. The van der Waals surface area contributed by atoms with E-state index < -0.39 is 0 Å². The smallest absolute Gasteiger partial charge is 0.0669 e. The van der Waals surface area contributed by atoms with E-state index in [1.807, 2.05) is 0 Å². The normalized spacial score (nSPS) is 10.1. The Labute approximate surface area is 111 Å². The van der Waals surface area contributed by atoms with Crippen molar-refractivity contribution in [3.63, 3.8) is 0 Å². The molecule has 0 heterocycles. The predicted molar refractivity (Wildman–Crippen MR) is 77.8 cm³/mol. The van der Waals surface area contributed by atoms with Crippen LogP contribution in [0.1, 0.15) is 45.1 Å². The van der Waals surface area contributed by atoms with Crippen LogP contribution in [0.25, 0.3) is 0 Å². The van der Waals surface area contributed by atoms with Gasteiger partial charge in [-0.15, -0.1) is 0 Å². The number of anilines is 1. The summed E-state index contributed by atoms with van der Waals surface area (Å²) in [5, 5.41) is 8.67. The van der Waals surface area contributed by atoms with Crippen LogP contribution in [0.4, 0.5) is 5.69 Å². The molecule has 0 amide bonds. The molecule has 0 aliphatic heterocycles. The van der Waals surface area contributed by atoms with E-state index in [0.717, 1.165) is 18.7 Å². The van der Waals surface area contributed by atoms with Crippen LogP contribution >= 0.6 is 0 Å². The van der Waals surface area contributed by atoms with Crippen LogP contribution < -0.4 is 4.90 Å². The molecule has 0 fully saturated rings. The van der Waals surface area contributed by atoms with Crippen molar-refractivity contribution in [1.82, 2.24) is 0 Å². The fraction of sp³-hybridized carbons (Fsp3) is 0.562. The molecule has 0 N–H and O–H groups in total. The highest BCUT2D eigenvalue weighted by molar-refractivity contribution is 5.47. The van der Waals surface area contributed by atoms with Gasteiger partial charge in [0, 0.05) is 18.8 Å². The lowest BCUT2D eigenvalue weighted by Gasteiger charge is -2.24. The first-order chi connectivity index (χ1) is 8.81. The third-order valence-electron chi connectivity index (χ3n) is 3.15. The maximum Gasteiger partial charge on any atom is 0.0669 e. The van der Waals surface area contributed by atoms with E-state index in [0.29, 0.717) is 6.42 Å². The van der Waals surface area contributed by atoms with Crippen LogP contribution in [0.15, 0.2) is 24.3 Å². The van der Waals surface area contributed by atoms with Crippen molar-refractivity contribution in [2.45, 2.75) is 46.0 Å². The molecule has 0 aliphatic carbocycles. The van der Waals surface area contributed by atoms with Gasteiger partial charge in [0.05, 0.1) is 12.5 Å². The standard InChI is InChI=1S/C16H24N2/c1-3-5-13-18(14-6-4-2)16-9-7-15(8-10-16)11-12-17/h7-10H,3-6,11,13-14H2,1-2H3. The fourth-order valence-electron chi connectivity index (χ4n) is 1.98. The quantitative estimate of drug-likeness (QED) is 0.686. The highest BCUT2D eigenvalue weighted by atomic mass is 15.1. The van der Waals surface area contributed by atoms with Gasteiger partial charge in [-0.1, -0.05) is 38.8 Å². The maximum absolute atomic E-state index is 8.67. The third-order valence-corrected chi connectivity index (χ3v) is 3.15. The zero-order chi connectivity index (χ0) is 13.2. The topological polar surface area (TPSA) is 27.0 Å². The van der Waals surface area contributed by atoms with Gasteiger partial charge < -0.3 is 4.90 Å². The molecule has 0 saturated heterocycles. The van der Waals surface area contributed by atoms with Crippen LogP contribution in [0.2, 0.25) is 0 Å². The average Bonchev–Trinajstić information content (AvgIpc) is 2.41. The summed E-state index contributed by atoms with van der Waals surface area (Å²) in [5.41, 5.74) is 2.39. The van der Waals surface area contributed by atoms with Crippen LogP contribution in [-0.4, -0.2) is 13.1 Å². The lowest BCUT2D eigenvalue weighted by molar-refractivity contribution is 0.678. The highest BCUT2D eigenvalue weighted by Crippen LogP contribution is 2.17. The van der Waals surface area contributed by atoms with Gasteiger partial charge in [0.2, 0.25) is 0 Å². The predicted octanol–water partition coefficient (Wildman–Crippen LogP) is 4.16. The molecular formula is C16H24N2. The zero-order valence-corrected chi connectivity index (χ0v) is 11.7. The second kappa shape index (κ2) is 8.58. The number of benzene rings is 1. The minimum Gasteiger partial charge on any atom is -0.372 e. The molecule has 2 heteroatoms. The monoisotopic (exact) mass is 244 g/mol. The molecule has 0 unspecified atom stereocenters. The van der Waals surface area contributed by atoms with Gasteiger partial charge in [0.15, 0.2) is 0 Å². The van der Waals surface area contributed by atoms with Crippen molar-refractivity contribution < 1.29 is 0 Å². The molecule has 0 atom stereocenters. The van der Waals surface area contributed by atoms with Crippen LogP contribution in [0, 0.1) is 11.3 Å². The van der Waals surface area contributed by atoms with E-state index in [9.17, 15) is 0 Å². The Balaban J connectivity index is 2.67. The van der Waals surface area contributed by atoms with Gasteiger partial charge in [-0.3, -0.25) is 0 Å². The Bertz CT molecular complexity index is 354. The van der Waals surface area contributed by atoms with Gasteiger partial charge in [-0.25, -0.2) is 0 Å². The summed E-state index contributed by atoms with van der Waals surface area (Å²) in [5.74, 6) is 0. The largest absolute Gasteiger partial charge is 0.372 e. The summed E-state index contributed by atoms with van der Waals surface area (Å²) < 4.78 is 0. The maximum atomic E-state index is 8.67. The van der Waals surface area contributed by atoms with Crippen LogP contribution in [0.5, 0.6) is 0 Å². The lowest BCUT2D eigenvalue weighted by Crippen LogP contribution is -2.25. The summed E-state index contributed by atoms with van der Waals surface area (Å²) in [6.07, 6.45) is 5.45. The van der Waals surface area contributed by atoms with E-state index in [2.05, 4.69) is 49.1 Å². The minimum absolute atomic E-state index is 0.504. The first kappa shape index (κ1) is 14.6. The molecule has 98 valence electrons. The molecule has 1 aromatic rings. The number of rotatable bonds is 8. The zero-order valence-electron chi connectivity index (χ0n) is 11.7. The van der Waals surface area contributed by atoms with E-state index in [-0.39, 0.29) is 0 Å². The number of hydrogen-bond acceptors (Lipinski definition) is 2. The summed E-state index contributed by atoms with van der Waals surface area (Å²) >= 11 is 0. The number of unbranched alkanes of at least 4 members (excludes halogenated alkanes) is 2. The summed E-state index contributed by atoms with van der Waals surface area (Å²) in [4.78, 5) is 2.46. The fourth-order valence-corrected chi connectivity index (χ4v) is 1.98. The number of nitrogens with zero attached hydrogens (tertiary/aromatic N) is 2. The highest BCUT2D eigenvalue weighted by Gasteiger charge is 2.05. The Hall–Kier alpha value is -1.49. The van der Waals surface area contributed by atoms with Crippen molar-refractivity contribution in [1.29, 1.82) is 5.26 Å². The number of nitriles is 1. The molecule has 0 saturated carbocycles. The Kier molecular flexibility index (Phi) is 6.94. The number of hydrogen-bond donors (Lipinski definition) is 0. The Morgan fingerprint density at radius 2 is 1.56 bits per heavy atom. The SMILES string of the molecule is CCCCN(CCCC)c1ccc(CC#N)cc1. The molecule has 1 aromatic carbocycles. The van der Waals surface area contributed by atoms with Crippen molar-refractivity contribution in [3.05, 3.63) is 29.8 Å². The van der Waals surface area contributed by atoms with E-state index in [4.69, 9.17) is 5.26 Å². The second-order valence-corrected chi connectivity index (χ2v) is 4.70. The average molecular weight is 244 g/mol. The first-order valence-electron chi connectivity index (χ1n) is 7.02. The minimum atomic E-state index is 0.504. The van der Waals surface area contributed by atoms with Crippen LogP contribution in [0.3, 0.4) is 0 Å². The van der Waals surface area contributed by atoms with Crippen molar-refractivity contribution >= 4 is 5.69 Å². The van der Waals surface area contributed by atoms with Crippen molar-refractivity contribution in [2.75, 3.05) is 18.0 Å². The molecule has 2 nitrogen and oxygen atoms in total. The Morgan fingerprint density at radius 1 is 1.00 bits per heavy atom. The molecule has 1 rings (SSSR count). The van der Waals surface area contributed by atoms with Gasteiger partial charge in [0.25, 0.3) is 0 Å². The molecule has 0 bridgehead atoms. The molecule has 0 aromatic heterocycles. The van der Waals surface area contributed by atoms with Gasteiger partial charge in [-0.2, -0.15) is 5.26 Å². The Morgan fingerprint density at radius 3 is 2.00 bits per heavy atom. The molecule has 18 heavy (non-hydrogen) atoms. The van der Waals surface area contributed by atoms with E-state index in [1.54, 1.807) is 0 Å². The third kappa shape index (κ3) is 4.79. The first-order valence-corrected chi connectivity index (χ1v) is 7.02. The van der Waals surface area contributed by atoms with E-state index >= 15 is 0 Å². The second-order valence-electron chi connectivity index (χ2n) is 4.70. The summed E-state index contributed by atoms with van der Waals surface area (Å²) in [7, 11) is 0. The van der Waals surface area contributed by atoms with E-state index in [1.165, 1.54) is 31.4 Å². The van der Waals surface area contributed by atoms with Gasteiger partial charge in [-0.05, 0) is 30.5 Å². The van der Waals surface area contributed by atoms with Crippen molar-refractivity contribution in [2.24, 2.45) is 0 Å². The van der Waals surface area contributed by atoms with Gasteiger partial charge >= 0.3 is 0 Å². The summed E-state index contributed by atoms with van der Waals surface area (Å²) in [6.45, 7) is 6.73. The molecular weight excluding hydrogens is 220 g/mol. The molecule has 0 aliphatic rings. The molecule has 0 spiro atoms. The van der Waals surface area contributed by atoms with Gasteiger partial charge in [0.1, 0.15) is 0 Å². The van der Waals surface area contributed by atoms with Crippen molar-refractivity contribution in [3.8, 4) is 6.07 Å². The lowest BCUT2D eigenvalue weighted by atomic mass is 10.1.